The molecule has 0 unspecified atom stereocenters. The van der Waals surface area contributed by atoms with Crippen molar-refractivity contribution in [3.05, 3.63) is 45.9 Å². The average molecular weight is 415 g/mol. The summed E-state index contributed by atoms with van der Waals surface area (Å²) in [6.07, 6.45) is 0. The van der Waals surface area contributed by atoms with Crippen LogP contribution in [0.25, 0.3) is 0 Å². The third-order valence-corrected chi connectivity index (χ3v) is 3.91. The summed E-state index contributed by atoms with van der Waals surface area (Å²) in [5.41, 5.74) is 0.838. The number of hydrogen-bond donors (Lipinski definition) is 2. The van der Waals surface area contributed by atoms with Crippen LogP contribution in [0.15, 0.2) is 30.3 Å². The van der Waals surface area contributed by atoms with E-state index in [4.69, 9.17) is 49.6 Å². The number of thiocarbonyl (C=S) groups is 1. The fourth-order valence-electron chi connectivity index (χ4n) is 2.18. The summed E-state index contributed by atoms with van der Waals surface area (Å²) < 4.78 is 15.7. The highest BCUT2D eigenvalue weighted by molar-refractivity contribution is 7.80. The van der Waals surface area contributed by atoms with Crippen molar-refractivity contribution >= 4 is 52.1 Å². The highest BCUT2D eigenvalue weighted by Gasteiger charge is 2.17. The maximum atomic E-state index is 12.5. The predicted molar refractivity (Wildman–Crippen MR) is 106 cm³/mol. The van der Waals surface area contributed by atoms with Crippen molar-refractivity contribution in [1.82, 2.24) is 5.32 Å². The van der Waals surface area contributed by atoms with Gasteiger partial charge in [-0.25, -0.2) is 0 Å². The molecule has 0 saturated carbocycles. The van der Waals surface area contributed by atoms with Gasteiger partial charge in [0.25, 0.3) is 5.91 Å². The van der Waals surface area contributed by atoms with Crippen LogP contribution in [0.4, 0.5) is 5.69 Å². The Morgan fingerprint density at radius 3 is 1.92 bits per heavy atom. The summed E-state index contributed by atoms with van der Waals surface area (Å²) in [5, 5.41) is 6.39. The molecule has 0 spiro atoms. The molecule has 2 N–H and O–H groups in total. The first kappa shape index (κ1) is 20.1. The van der Waals surface area contributed by atoms with Gasteiger partial charge in [-0.05, 0) is 42.5 Å². The molecule has 0 aliphatic rings. The Bertz CT molecular complexity index is 800. The molecule has 0 radical (unpaired) electrons. The average Bonchev–Trinajstić information content (AvgIpc) is 2.59. The zero-order valence-electron chi connectivity index (χ0n) is 14.2. The predicted octanol–water partition coefficient (Wildman–Crippen LogP) is 4.15. The first-order valence-electron chi connectivity index (χ1n) is 7.26. The molecule has 0 heterocycles. The van der Waals surface area contributed by atoms with Crippen LogP contribution in [0.1, 0.15) is 10.4 Å². The van der Waals surface area contributed by atoms with Gasteiger partial charge in [0.2, 0.25) is 5.75 Å². The molecule has 26 heavy (non-hydrogen) atoms. The molecule has 0 bridgehead atoms. The molecular weight excluding hydrogens is 399 g/mol. The number of rotatable bonds is 5. The summed E-state index contributed by atoms with van der Waals surface area (Å²) in [4.78, 5) is 12.5. The zero-order valence-corrected chi connectivity index (χ0v) is 16.5. The van der Waals surface area contributed by atoms with Crippen LogP contribution >= 0.6 is 35.4 Å². The van der Waals surface area contributed by atoms with Crippen LogP contribution < -0.4 is 24.8 Å². The van der Waals surface area contributed by atoms with Gasteiger partial charge in [-0.3, -0.25) is 10.1 Å². The fraction of sp³-hybridized carbons (Fsp3) is 0.176. The van der Waals surface area contributed by atoms with Crippen LogP contribution in [0.3, 0.4) is 0 Å². The summed E-state index contributed by atoms with van der Waals surface area (Å²) in [7, 11) is 4.41. The number of hydrogen-bond acceptors (Lipinski definition) is 5. The van der Waals surface area contributed by atoms with Gasteiger partial charge in [-0.15, -0.1) is 0 Å². The number of anilines is 1. The van der Waals surface area contributed by atoms with E-state index in [9.17, 15) is 4.79 Å². The maximum Gasteiger partial charge on any atom is 0.257 e. The molecule has 0 aliphatic carbocycles. The van der Waals surface area contributed by atoms with E-state index >= 15 is 0 Å². The van der Waals surface area contributed by atoms with Crippen molar-refractivity contribution in [1.29, 1.82) is 0 Å². The van der Waals surface area contributed by atoms with E-state index < -0.39 is 5.91 Å². The molecule has 0 aromatic heterocycles. The lowest BCUT2D eigenvalue weighted by molar-refractivity contribution is 0.0977. The van der Waals surface area contributed by atoms with E-state index in [0.29, 0.717) is 33.0 Å². The Morgan fingerprint density at radius 2 is 1.46 bits per heavy atom. The standard InChI is InChI=1S/C17H16Cl2N2O4S/c1-23-13-4-9(5-14(24-2)15(13)25-3)16(22)21-17(26)20-12-7-10(18)6-11(19)8-12/h4-8H,1-3H3,(H2,20,21,22,26). The number of methoxy groups -OCH3 is 3. The third-order valence-electron chi connectivity index (χ3n) is 3.27. The second kappa shape index (κ2) is 8.93. The first-order valence-corrected chi connectivity index (χ1v) is 8.42. The smallest absolute Gasteiger partial charge is 0.257 e. The molecule has 0 atom stereocenters. The lowest BCUT2D eigenvalue weighted by Crippen LogP contribution is -2.34. The molecular formula is C17H16Cl2N2O4S. The molecule has 9 heteroatoms. The molecule has 138 valence electrons. The number of amides is 1. The second-order valence-electron chi connectivity index (χ2n) is 4.98. The molecule has 0 aliphatic heterocycles. The van der Waals surface area contributed by atoms with Gasteiger partial charge >= 0.3 is 0 Å². The van der Waals surface area contributed by atoms with Crippen LogP contribution in [0.2, 0.25) is 10.0 Å². The molecule has 0 fully saturated rings. The molecule has 1 amide bonds. The number of carbonyl (C=O) groups is 1. The van der Waals surface area contributed by atoms with E-state index in [1.165, 1.54) is 33.5 Å². The van der Waals surface area contributed by atoms with E-state index in [2.05, 4.69) is 10.6 Å². The zero-order chi connectivity index (χ0) is 19.3. The van der Waals surface area contributed by atoms with Gasteiger partial charge in [0.1, 0.15) is 0 Å². The highest BCUT2D eigenvalue weighted by Crippen LogP contribution is 2.38. The number of nitrogens with one attached hydrogen (secondary N) is 2. The lowest BCUT2D eigenvalue weighted by atomic mass is 10.1. The molecule has 6 nitrogen and oxygen atoms in total. The number of carbonyl (C=O) groups excluding carboxylic acids is 1. The molecule has 2 rings (SSSR count). The van der Waals surface area contributed by atoms with Crippen molar-refractivity contribution in [2.24, 2.45) is 0 Å². The van der Waals surface area contributed by atoms with E-state index in [0.717, 1.165) is 0 Å². The SMILES string of the molecule is COc1cc(C(=O)NC(=S)Nc2cc(Cl)cc(Cl)c2)cc(OC)c1OC. The fourth-order valence-corrected chi connectivity index (χ4v) is 2.91. The topological polar surface area (TPSA) is 68.8 Å². The van der Waals surface area contributed by atoms with Gasteiger partial charge < -0.3 is 19.5 Å². The van der Waals surface area contributed by atoms with Crippen LogP contribution in [-0.4, -0.2) is 32.3 Å². The van der Waals surface area contributed by atoms with Crippen molar-refractivity contribution in [3.63, 3.8) is 0 Å². The van der Waals surface area contributed by atoms with Gasteiger partial charge in [-0.2, -0.15) is 0 Å². The summed E-state index contributed by atoms with van der Waals surface area (Å²) in [5.74, 6) is 0.658. The highest BCUT2D eigenvalue weighted by atomic mass is 35.5. The van der Waals surface area contributed by atoms with Crippen molar-refractivity contribution < 1.29 is 19.0 Å². The number of ether oxygens (including phenoxy) is 3. The summed E-state index contributed by atoms with van der Waals surface area (Å²) in [6.45, 7) is 0. The maximum absolute atomic E-state index is 12.5. The molecule has 2 aromatic carbocycles. The van der Waals surface area contributed by atoms with Crippen molar-refractivity contribution in [3.8, 4) is 17.2 Å². The third kappa shape index (κ3) is 4.91. The van der Waals surface area contributed by atoms with Crippen LogP contribution in [0, 0.1) is 0 Å². The van der Waals surface area contributed by atoms with Crippen LogP contribution in [0.5, 0.6) is 17.2 Å². The minimum Gasteiger partial charge on any atom is -0.493 e. The Morgan fingerprint density at radius 1 is 0.923 bits per heavy atom. The monoisotopic (exact) mass is 414 g/mol. The quantitative estimate of drug-likeness (QED) is 0.716. The van der Waals surface area contributed by atoms with Gasteiger partial charge in [0.05, 0.1) is 21.3 Å². The van der Waals surface area contributed by atoms with E-state index in [-0.39, 0.29) is 10.7 Å². The summed E-state index contributed by atoms with van der Waals surface area (Å²) in [6, 6.07) is 7.90. The Balaban J connectivity index is 2.17. The molecule has 0 saturated heterocycles. The van der Waals surface area contributed by atoms with Crippen molar-refractivity contribution in [2.75, 3.05) is 26.6 Å². The van der Waals surface area contributed by atoms with Gasteiger partial charge in [0.15, 0.2) is 16.6 Å². The largest absolute Gasteiger partial charge is 0.493 e. The second-order valence-corrected chi connectivity index (χ2v) is 6.26. The number of benzene rings is 2. The number of halogens is 2. The minimum absolute atomic E-state index is 0.0853. The van der Waals surface area contributed by atoms with E-state index in [1.54, 1.807) is 18.2 Å². The van der Waals surface area contributed by atoms with Gasteiger partial charge in [-0.1, -0.05) is 23.2 Å². The van der Waals surface area contributed by atoms with Crippen LogP contribution in [-0.2, 0) is 0 Å². The first-order chi connectivity index (χ1) is 12.4. The Kier molecular flexibility index (Phi) is 6.90. The van der Waals surface area contributed by atoms with Crippen molar-refractivity contribution in [2.45, 2.75) is 0 Å². The van der Waals surface area contributed by atoms with E-state index in [1.807, 2.05) is 0 Å². The lowest BCUT2D eigenvalue weighted by Gasteiger charge is -2.14. The normalized spacial score (nSPS) is 10.0. The summed E-state index contributed by atoms with van der Waals surface area (Å²) >= 11 is 17.0. The minimum atomic E-state index is -0.449. The Labute approximate surface area is 166 Å². The molecule has 2 aromatic rings. The Hall–Kier alpha value is -2.22. The van der Waals surface area contributed by atoms with Gasteiger partial charge in [0, 0.05) is 21.3 Å².